The fraction of sp³-hybridized carbons (Fsp3) is 0.600. The minimum Gasteiger partial charge on any atom is -0.481 e. The number of hydrogen-bond acceptors (Lipinski definition) is 4. The van der Waals surface area contributed by atoms with Crippen molar-refractivity contribution in [2.75, 3.05) is 19.6 Å². The third-order valence-corrected chi connectivity index (χ3v) is 5.26. The highest BCUT2D eigenvalue weighted by Crippen LogP contribution is 2.37. The second-order valence-electron chi connectivity index (χ2n) is 5.79. The van der Waals surface area contributed by atoms with Gasteiger partial charge in [-0.25, -0.2) is 0 Å². The molecule has 1 saturated heterocycles. The van der Waals surface area contributed by atoms with Gasteiger partial charge in [-0.3, -0.25) is 14.5 Å². The molecule has 142 valence electrons. The standard InChI is InChI=1S/C15H19F3N2O3S.ClH/c1-2-9-3-4-10(24-9)5-19-13(21)8-20-6-11(14(22)23)12(7-20)15(16,17)18;/h3-4,11-12H,2,5-8H2,1H3,(H,19,21)(H,22,23);1H/t11-,12-;/m1./s1. The average Bonchev–Trinajstić information content (AvgIpc) is 3.10. The molecule has 1 aliphatic heterocycles. The molecule has 2 atom stereocenters. The number of aliphatic carboxylic acids is 1. The number of thiophene rings is 1. The largest absolute Gasteiger partial charge is 0.481 e. The molecule has 0 unspecified atom stereocenters. The first-order valence-electron chi connectivity index (χ1n) is 7.56. The Bertz CT molecular complexity index is 609. The monoisotopic (exact) mass is 400 g/mol. The third-order valence-electron chi connectivity index (χ3n) is 4.03. The van der Waals surface area contributed by atoms with Crippen molar-refractivity contribution in [3.05, 3.63) is 21.9 Å². The summed E-state index contributed by atoms with van der Waals surface area (Å²) >= 11 is 1.57. The van der Waals surface area contributed by atoms with Crippen molar-refractivity contribution >= 4 is 35.6 Å². The molecule has 1 fully saturated rings. The number of nitrogens with zero attached hydrogens (tertiary/aromatic N) is 1. The van der Waals surface area contributed by atoms with Crippen molar-refractivity contribution in [1.82, 2.24) is 10.2 Å². The second-order valence-corrected chi connectivity index (χ2v) is 7.04. The summed E-state index contributed by atoms with van der Waals surface area (Å²) in [6.45, 7) is 1.38. The maximum atomic E-state index is 12.9. The van der Waals surface area contributed by atoms with Crippen LogP contribution in [0.2, 0.25) is 0 Å². The van der Waals surface area contributed by atoms with Crippen LogP contribution in [0.3, 0.4) is 0 Å². The first kappa shape index (κ1) is 21.7. The average molecular weight is 401 g/mol. The Hall–Kier alpha value is -1.32. The summed E-state index contributed by atoms with van der Waals surface area (Å²) in [6.07, 6.45) is -3.68. The predicted octanol–water partition coefficient (Wildman–Crippen LogP) is 2.54. The number of alkyl halides is 3. The lowest BCUT2D eigenvalue weighted by molar-refractivity contribution is -0.188. The van der Waals surface area contributed by atoms with Crippen LogP contribution in [-0.2, 0) is 22.6 Å². The van der Waals surface area contributed by atoms with Crippen LogP contribution in [0.15, 0.2) is 12.1 Å². The molecule has 1 aromatic heterocycles. The number of carbonyl (C=O) groups is 2. The van der Waals surface area contributed by atoms with Crippen molar-refractivity contribution in [2.45, 2.75) is 26.1 Å². The lowest BCUT2D eigenvalue weighted by Crippen LogP contribution is -2.36. The predicted molar refractivity (Wildman–Crippen MR) is 89.9 cm³/mol. The van der Waals surface area contributed by atoms with Crippen molar-refractivity contribution in [2.24, 2.45) is 11.8 Å². The van der Waals surface area contributed by atoms with Gasteiger partial charge in [-0.2, -0.15) is 13.2 Å². The van der Waals surface area contributed by atoms with E-state index in [-0.39, 0.29) is 25.5 Å². The summed E-state index contributed by atoms with van der Waals surface area (Å²) in [5.74, 6) is -5.35. The minimum atomic E-state index is -4.58. The number of carboxylic acids is 1. The van der Waals surface area contributed by atoms with Gasteiger partial charge in [0.25, 0.3) is 0 Å². The molecule has 2 N–H and O–H groups in total. The highest BCUT2D eigenvalue weighted by Gasteiger charge is 2.52. The van der Waals surface area contributed by atoms with E-state index in [4.69, 9.17) is 5.11 Å². The van der Waals surface area contributed by atoms with Crippen molar-refractivity contribution in [3.63, 3.8) is 0 Å². The molecule has 1 aromatic rings. The summed E-state index contributed by atoms with van der Waals surface area (Å²) in [6, 6.07) is 3.87. The molecule has 2 rings (SSSR count). The van der Waals surface area contributed by atoms with E-state index in [1.165, 1.54) is 9.78 Å². The molecule has 10 heteroatoms. The van der Waals surface area contributed by atoms with Crippen LogP contribution < -0.4 is 5.32 Å². The summed E-state index contributed by atoms with van der Waals surface area (Å²) in [4.78, 5) is 26.3. The van der Waals surface area contributed by atoms with Gasteiger partial charge in [-0.15, -0.1) is 23.7 Å². The fourth-order valence-electron chi connectivity index (χ4n) is 2.75. The molecule has 0 radical (unpaired) electrons. The van der Waals surface area contributed by atoms with Crippen LogP contribution in [0.4, 0.5) is 13.2 Å². The van der Waals surface area contributed by atoms with Gasteiger partial charge in [0.15, 0.2) is 0 Å². The Morgan fingerprint density at radius 2 is 1.96 bits per heavy atom. The summed E-state index contributed by atoms with van der Waals surface area (Å²) in [5.41, 5.74) is 0. The van der Waals surface area contributed by atoms with Gasteiger partial charge < -0.3 is 10.4 Å². The van der Waals surface area contributed by atoms with Gasteiger partial charge in [0.1, 0.15) is 0 Å². The maximum Gasteiger partial charge on any atom is 0.393 e. The smallest absolute Gasteiger partial charge is 0.393 e. The summed E-state index contributed by atoms with van der Waals surface area (Å²) in [5, 5.41) is 11.6. The zero-order valence-electron chi connectivity index (χ0n) is 13.5. The Labute approximate surface area is 153 Å². The zero-order chi connectivity index (χ0) is 17.9. The van der Waals surface area contributed by atoms with E-state index in [2.05, 4.69) is 5.32 Å². The molecule has 1 amide bonds. The number of rotatable bonds is 6. The summed E-state index contributed by atoms with van der Waals surface area (Å²) < 4.78 is 38.7. The Balaban J connectivity index is 0.00000312. The van der Waals surface area contributed by atoms with Crippen molar-refractivity contribution in [3.8, 4) is 0 Å². The zero-order valence-corrected chi connectivity index (χ0v) is 15.1. The normalized spacial score (nSPS) is 21.0. The van der Waals surface area contributed by atoms with E-state index < -0.39 is 36.4 Å². The van der Waals surface area contributed by atoms with E-state index in [1.807, 2.05) is 19.1 Å². The lowest BCUT2D eigenvalue weighted by atomic mass is 9.96. The number of carboxylic acid groups (broad SMARTS) is 1. The highest BCUT2D eigenvalue weighted by molar-refractivity contribution is 7.11. The van der Waals surface area contributed by atoms with Crippen LogP contribution in [0.5, 0.6) is 0 Å². The number of amides is 1. The maximum absolute atomic E-state index is 12.9. The molecule has 0 bridgehead atoms. The second kappa shape index (κ2) is 8.86. The number of carbonyl (C=O) groups excluding carboxylic acids is 1. The molecule has 25 heavy (non-hydrogen) atoms. The van der Waals surface area contributed by atoms with Crippen LogP contribution >= 0.6 is 23.7 Å². The van der Waals surface area contributed by atoms with Crippen LogP contribution in [0, 0.1) is 11.8 Å². The van der Waals surface area contributed by atoms with Gasteiger partial charge in [-0.05, 0) is 18.6 Å². The number of hydrogen-bond donors (Lipinski definition) is 2. The SMILES string of the molecule is CCc1ccc(CNC(=O)CN2C[C@@H](C(F)(F)F)[C@H](C(=O)O)C2)s1.Cl. The third kappa shape index (κ3) is 5.86. The molecular weight excluding hydrogens is 381 g/mol. The van der Waals surface area contributed by atoms with E-state index in [9.17, 15) is 22.8 Å². The molecule has 5 nitrogen and oxygen atoms in total. The molecule has 0 saturated carbocycles. The Morgan fingerprint density at radius 1 is 1.32 bits per heavy atom. The van der Waals surface area contributed by atoms with Gasteiger partial charge in [0.05, 0.1) is 24.9 Å². The molecule has 0 aromatic carbocycles. The van der Waals surface area contributed by atoms with Crippen LogP contribution in [0.25, 0.3) is 0 Å². The lowest BCUT2D eigenvalue weighted by Gasteiger charge is -2.18. The molecule has 0 spiro atoms. The molecule has 2 heterocycles. The van der Waals surface area contributed by atoms with E-state index >= 15 is 0 Å². The molecule has 0 aliphatic carbocycles. The Kier molecular flexibility index (Phi) is 7.70. The number of likely N-dealkylation sites (tertiary alicyclic amines) is 1. The number of aryl methyl sites for hydroxylation is 1. The van der Waals surface area contributed by atoms with E-state index in [1.54, 1.807) is 11.3 Å². The van der Waals surface area contributed by atoms with Crippen molar-refractivity contribution < 1.29 is 27.9 Å². The fourth-order valence-corrected chi connectivity index (χ4v) is 3.65. The number of nitrogens with one attached hydrogen (secondary N) is 1. The van der Waals surface area contributed by atoms with Gasteiger partial charge in [-0.1, -0.05) is 6.92 Å². The molecule has 1 aliphatic rings. The quantitative estimate of drug-likeness (QED) is 0.770. The minimum absolute atomic E-state index is 0. The van der Waals surface area contributed by atoms with Gasteiger partial charge in [0, 0.05) is 22.8 Å². The van der Waals surface area contributed by atoms with Gasteiger partial charge >= 0.3 is 12.1 Å². The van der Waals surface area contributed by atoms with Crippen LogP contribution in [-0.4, -0.2) is 47.7 Å². The summed E-state index contributed by atoms with van der Waals surface area (Å²) in [7, 11) is 0. The first-order valence-corrected chi connectivity index (χ1v) is 8.38. The number of halogens is 4. The highest BCUT2D eigenvalue weighted by atomic mass is 35.5. The van der Waals surface area contributed by atoms with Crippen molar-refractivity contribution in [1.29, 1.82) is 0 Å². The topological polar surface area (TPSA) is 69.6 Å². The van der Waals surface area contributed by atoms with E-state index in [0.717, 1.165) is 11.3 Å². The van der Waals surface area contributed by atoms with E-state index in [0.29, 0.717) is 6.54 Å². The Morgan fingerprint density at radius 3 is 2.44 bits per heavy atom. The van der Waals surface area contributed by atoms with Gasteiger partial charge in [0.2, 0.25) is 5.91 Å². The van der Waals surface area contributed by atoms with Crippen LogP contribution in [0.1, 0.15) is 16.7 Å². The first-order chi connectivity index (χ1) is 11.2. The molecular formula is C15H20ClF3N2O3S.